The first-order valence-corrected chi connectivity index (χ1v) is 9.71. The van der Waals surface area contributed by atoms with Crippen molar-refractivity contribution in [1.82, 2.24) is 20.6 Å². The Balaban J connectivity index is 1.75. The molecule has 0 aliphatic carbocycles. The predicted octanol–water partition coefficient (Wildman–Crippen LogP) is 2.02. The van der Waals surface area contributed by atoms with Crippen LogP contribution < -0.4 is 5.43 Å². The number of aliphatic carboxylic acids is 1. The molecule has 3 rings (SSSR count). The van der Waals surface area contributed by atoms with E-state index in [4.69, 9.17) is 21.8 Å². The van der Waals surface area contributed by atoms with Gasteiger partial charge in [-0.15, -0.1) is 0 Å². The molecule has 0 aliphatic rings. The lowest BCUT2D eigenvalue weighted by atomic mass is 10.0. The van der Waals surface area contributed by atoms with Crippen LogP contribution in [0.4, 0.5) is 0 Å². The molecule has 11 heteroatoms. The number of aromatic amines is 1. The van der Waals surface area contributed by atoms with E-state index in [0.717, 1.165) is 22.8 Å². The number of rotatable bonds is 9. The Morgan fingerprint density at radius 2 is 1.78 bits per heavy atom. The van der Waals surface area contributed by atoms with Gasteiger partial charge in [-0.05, 0) is 28.8 Å². The minimum absolute atomic E-state index is 0.0752. The quantitative estimate of drug-likeness (QED) is 0.305. The lowest BCUT2D eigenvalue weighted by Gasteiger charge is -2.24. The molecule has 166 valence electrons. The number of benzene rings is 2. The highest BCUT2D eigenvalue weighted by molar-refractivity contribution is 6.30. The van der Waals surface area contributed by atoms with Gasteiger partial charge in [-0.2, -0.15) is 5.10 Å². The highest BCUT2D eigenvalue weighted by Gasteiger charge is 2.22. The molecule has 1 unspecified atom stereocenters. The zero-order valence-corrected chi connectivity index (χ0v) is 17.3. The SMILES string of the molecule is O=C(O)c1cc(C(=O)NN(Cc2ccc(-c3cccc(Cl)c3)cc2)CC(O)C(=O)O)[nH]n1. The van der Waals surface area contributed by atoms with Gasteiger partial charge in [-0.25, -0.2) is 14.6 Å². The number of carboxylic acids is 2. The summed E-state index contributed by atoms with van der Waals surface area (Å²) in [6.45, 7) is -0.330. The fraction of sp³-hybridized carbons (Fsp3) is 0.143. The Morgan fingerprint density at radius 3 is 2.38 bits per heavy atom. The number of nitrogens with one attached hydrogen (secondary N) is 2. The second-order valence-electron chi connectivity index (χ2n) is 6.85. The van der Waals surface area contributed by atoms with Gasteiger partial charge in [0.05, 0.1) is 6.54 Å². The molecule has 0 bridgehead atoms. The Hall–Kier alpha value is -3.73. The maximum Gasteiger partial charge on any atom is 0.356 e. The average Bonchev–Trinajstić information content (AvgIpc) is 3.25. The number of carbonyl (C=O) groups excluding carboxylic acids is 1. The minimum atomic E-state index is -1.75. The molecule has 0 spiro atoms. The molecule has 1 amide bonds. The van der Waals surface area contributed by atoms with Crippen molar-refractivity contribution >= 4 is 29.4 Å². The first-order chi connectivity index (χ1) is 15.2. The molecule has 0 aliphatic heterocycles. The lowest BCUT2D eigenvalue weighted by molar-refractivity contribution is -0.148. The number of hydrogen-bond donors (Lipinski definition) is 5. The number of halogens is 1. The Labute approximate surface area is 187 Å². The predicted molar refractivity (Wildman–Crippen MR) is 114 cm³/mol. The smallest absolute Gasteiger partial charge is 0.356 e. The van der Waals surface area contributed by atoms with Crippen LogP contribution in [0.5, 0.6) is 0 Å². The van der Waals surface area contributed by atoms with Gasteiger partial charge in [0.2, 0.25) is 0 Å². The van der Waals surface area contributed by atoms with Gasteiger partial charge in [0.25, 0.3) is 5.91 Å². The second kappa shape index (κ2) is 10.1. The van der Waals surface area contributed by atoms with Crippen LogP contribution >= 0.6 is 11.6 Å². The van der Waals surface area contributed by atoms with E-state index < -0.39 is 30.5 Å². The number of H-pyrrole nitrogens is 1. The molecule has 32 heavy (non-hydrogen) atoms. The molecule has 3 aromatic rings. The monoisotopic (exact) mass is 458 g/mol. The second-order valence-corrected chi connectivity index (χ2v) is 7.29. The standard InChI is InChI=1S/C21H19ClN4O6/c22-15-3-1-2-14(8-15)13-6-4-12(5-7-13)10-26(11-18(27)21(31)32)25-19(28)16-9-17(20(29)30)24-23-16/h1-9,18,27H,10-11H2,(H,23,24)(H,25,28)(H,29,30)(H,31,32). The van der Waals surface area contributed by atoms with Gasteiger partial charge < -0.3 is 15.3 Å². The highest BCUT2D eigenvalue weighted by atomic mass is 35.5. The van der Waals surface area contributed by atoms with Crippen molar-refractivity contribution in [2.45, 2.75) is 12.6 Å². The fourth-order valence-corrected chi connectivity index (χ4v) is 3.07. The van der Waals surface area contributed by atoms with Crippen LogP contribution in [0.1, 0.15) is 26.5 Å². The van der Waals surface area contributed by atoms with Crippen molar-refractivity contribution in [1.29, 1.82) is 0 Å². The van der Waals surface area contributed by atoms with E-state index in [-0.39, 0.29) is 17.9 Å². The first-order valence-electron chi connectivity index (χ1n) is 9.33. The molecule has 0 radical (unpaired) electrons. The number of hydrogen-bond acceptors (Lipinski definition) is 6. The van der Waals surface area contributed by atoms with Gasteiger partial charge in [0.15, 0.2) is 11.8 Å². The van der Waals surface area contributed by atoms with E-state index in [9.17, 15) is 19.5 Å². The highest BCUT2D eigenvalue weighted by Crippen LogP contribution is 2.23. The molecule has 0 saturated carbocycles. The van der Waals surface area contributed by atoms with Crippen LogP contribution in [0.2, 0.25) is 5.02 Å². The number of aromatic carboxylic acids is 1. The van der Waals surface area contributed by atoms with Crippen molar-refractivity contribution < 1.29 is 29.7 Å². The Kier molecular flexibility index (Phi) is 7.21. The molecular weight excluding hydrogens is 440 g/mol. The number of nitrogens with zero attached hydrogens (tertiary/aromatic N) is 2. The van der Waals surface area contributed by atoms with Gasteiger partial charge in [-0.3, -0.25) is 15.3 Å². The molecule has 1 atom stereocenters. The van der Waals surface area contributed by atoms with Gasteiger partial charge in [0, 0.05) is 17.6 Å². The number of hydrazine groups is 1. The Bertz CT molecular complexity index is 1130. The van der Waals surface area contributed by atoms with E-state index in [1.165, 1.54) is 5.01 Å². The summed E-state index contributed by atoms with van der Waals surface area (Å²) < 4.78 is 0. The maximum absolute atomic E-state index is 12.4. The first kappa shape index (κ1) is 22.9. The van der Waals surface area contributed by atoms with Crippen molar-refractivity contribution in [3.63, 3.8) is 0 Å². The summed E-state index contributed by atoms with van der Waals surface area (Å²) in [5.74, 6) is -3.49. The Morgan fingerprint density at radius 1 is 1.06 bits per heavy atom. The summed E-state index contributed by atoms with van der Waals surface area (Å²) >= 11 is 6.03. The van der Waals surface area contributed by atoms with E-state index in [1.807, 2.05) is 30.3 Å². The number of aromatic nitrogens is 2. The average molecular weight is 459 g/mol. The topological polar surface area (TPSA) is 156 Å². The van der Waals surface area contributed by atoms with Crippen molar-refractivity contribution in [2.75, 3.05) is 6.54 Å². The normalized spacial score (nSPS) is 11.8. The third-order valence-corrected chi connectivity index (χ3v) is 4.70. The molecular formula is C21H19ClN4O6. The molecule has 2 aromatic carbocycles. The minimum Gasteiger partial charge on any atom is -0.479 e. The van der Waals surface area contributed by atoms with Gasteiger partial charge in [-0.1, -0.05) is 48.0 Å². The van der Waals surface area contributed by atoms with Crippen molar-refractivity contribution in [3.05, 3.63) is 76.6 Å². The van der Waals surface area contributed by atoms with Crippen LogP contribution in [-0.2, 0) is 11.3 Å². The number of carbonyl (C=O) groups is 3. The number of carboxylic acid groups (broad SMARTS) is 2. The summed E-state index contributed by atoms with van der Waals surface area (Å²) in [5.41, 5.74) is 4.55. The maximum atomic E-state index is 12.4. The summed E-state index contributed by atoms with van der Waals surface area (Å²) in [6.07, 6.45) is -1.75. The number of amides is 1. The molecule has 5 N–H and O–H groups in total. The van der Waals surface area contributed by atoms with Gasteiger partial charge >= 0.3 is 11.9 Å². The third-order valence-electron chi connectivity index (χ3n) is 4.46. The van der Waals surface area contributed by atoms with Crippen molar-refractivity contribution in [3.8, 4) is 11.1 Å². The molecule has 0 saturated heterocycles. The van der Waals surface area contributed by atoms with E-state index in [2.05, 4.69) is 15.6 Å². The van der Waals surface area contributed by atoms with Crippen molar-refractivity contribution in [2.24, 2.45) is 0 Å². The zero-order valence-electron chi connectivity index (χ0n) is 16.5. The van der Waals surface area contributed by atoms with E-state index in [1.54, 1.807) is 18.2 Å². The van der Waals surface area contributed by atoms with Crippen LogP contribution in [0, 0.1) is 0 Å². The molecule has 0 fully saturated rings. The summed E-state index contributed by atoms with van der Waals surface area (Å²) in [4.78, 5) is 34.5. The third kappa shape index (κ3) is 5.91. The summed E-state index contributed by atoms with van der Waals surface area (Å²) in [5, 5.41) is 35.3. The van der Waals surface area contributed by atoms with Crippen LogP contribution in [0.25, 0.3) is 11.1 Å². The number of aliphatic hydroxyl groups is 1. The van der Waals surface area contributed by atoms with Crippen LogP contribution in [-0.4, -0.2) is 61.0 Å². The zero-order chi connectivity index (χ0) is 23.3. The van der Waals surface area contributed by atoms with Crippen LogP contribution in [0.3, 0.4) is 0 Å². The van der Waals surface area contributed by atoms with E-state index >= 15 is 0 Å². The van der Waals surface area contributed by atoms with E-state index in [0.29, 0.717) is 5.02 Å². The number of aliphatic hydroxyl groups excluding tert-OH is 1. The molecule has 10 nitrogen and oxygen atoms in total. The molecule has 1 aromatic heterocycles. The largest absolute Gasteiger partial charge is 0.479 e. The summed E-state index contributed by atoms with van der Waals surface area (Å²) in [7, 11) is 0. The molecule has 1 heterocycles. The van der Waals surface area contributed by atoms with Gasteiger partial charge in [0.1, 0.15) is 5.69 Å². The fourth-order valence-electron chi connectivity index (χ4n) is 2.88. The summed E-state index contributed by atoms with van der Waals surface area (Å²) in [6, 6.07) is 15.7. The van der Waals surface area contributed by atoms with Crippen LogP contribution in [0.15, 0.2) is 54.6 Å². The lowest BCUT2D eigenvalue weighted by Crippen LogP contribution is -2.47.